The number of nitrogens with zero attached hydrogens (tertiary/aromatic N) is 2. The molecule has 1 aliphatic rings. The van der Waals surface area contributed by atoms with Gasteiger partial charge in [-0.25, -0.2) is 4.39 Å². The Labute approximate surface area is 109 Å². The van der Waals surface area contributed by atoms with Crippen LogP contribution in [0.3, 0.4) is 0 Å². The number of aromatic hydroxyl groups is 1. The number of nitrogens with one attached hydrogen (secondary N) is 1. The van der Waals surface area contributed by atoms with Crippen molar-refractivity contribution in [2.24, 2.45) is 0 Å². The molecule has 0 amide bonds. The van der Waals surface area contributed by atoms with Crippen molar-refractivity contribution in [3.63, 3.8) is 0 Å². The number of benzene rings is 1. The maximum atomic E-state index is 13.3. The molecule has 5 nitrogen and oxygen atoms in total. The average molecular weight is 263 g/mol. The zero-order valence-corrected chi connectivity index (χ0v) is 10.4. The second-order valence-corrected chi connectivity index (χ2v) is 4.76. The molecule has 0 aliphatic carbocycles. The summed E-state index contributed by atoms with van der Waals surface area (Å²) in [6.45, 7) is 3.00. The molecule has 2 unspecified atom stereocenters. The Balaban J connectivity index is 1.90. The molecule has 1 saturated heterocycles. The van der Waals surface area contributed by atoms with E-state index in [-0.39, 0.29) is 11.7 Å². The van der Waals surface area contributed by atoms with Gasteiger partial charge < -0.3 is 14.9 Å². The Morgan fingerprint density at radius 1 is 1.47 bits per heavy atom. The van der Waals surface area contributed by atoms with Gasteiger partial charge in [0.2, 0.25) is 11.7 Å². The molecule has 1 fully saturated rings. The fraction of sp³-hybridized carbons (Fsp3) is 0.385. The van der Waals surface area contributed by atoms with Crippen LogP contribution < -0.4 is 5.32 Å². The van der Waals surface area contributed by atoms with Crippen molar-refractivity contribution in [3.8, 4) is 17.1 Å². The Hall–Kier alpha value is -1.95. The fourth-order valence-electron chi connectivity index (χ4n) is 2.35. The van der Waals surface area contributed by atoms with E-state index >= 15 is 0 Å². The summed E-state index contributed by atoms with van der Waals surface area (Å²) in [5, 5.41) is 16.3. The summed E-state index contributed by atoms with van der Waals surface area (Å²) in [5.74, 6) is 0.0260. The molecule has 2 heterocycles. The molecule has 2 N–H and O–H groups in total. The van der Waals surface area contributed by atoms with Gasteiger partial charge in [0.05, 0.1) is 5.92 Å². The van der Waals surface area contributed by atoms with E-state index in [1.54, 1.807) is 6.07 Å². The Kier molecular flexibility index (Phi) is 2.94. The van der Waals surface area contributed by atoms with Crippen molar-refractivity contribution in [2.45, 2.75) is 25.3 Å². The third-order valence-electron chi connectivity index (χ3n) is 3.49. The van der Waals surface area contributed by atoms with E-state index in [0.717, 1.165) is 13.0 Å². The third-order valence-corrected chi connectivity index (χ3v) is 3.49. The first-order valence-corrected chi connectivity index (χ1v) is 6.21. The number of halogens is 1. The van der Waals surface area contributed by atoms with E-state index in [1.807, 2.05) is 0 Å². The summed E-state index contributed by atoms with van der Waals surface area (Å²) >= 11 is 0. The van der Waals surface area contributed by atoms with Crippen molar-refractivity contribution in [2.75, 3.05) is 6.54 Å². The van der Waals surface area contributed by atoms with E-state index in [2.05, 4.69) is 22.4 Å². The van der Waals surface area contributed by atoms with Gasteiger partial charge in [0, 0.05) is 11.6 Å². The smallest absolute Gasteiger partial charge is 0.231 e. The van der Waals surface area contributed by atoms with Gasteiger partial charge in [0.25, 0.3) is 0 Å². The van der Waals surface area contributed by atoms with E-state index in [4.69, 9.17) is 9.63 Å². The van der Waals surface area contributed by atoms with Crippen LogP contribution in [0.15, 0.2) is 22.7 Å². The molecule has 1 aliphatic heterocycles. The molecule has 3 rings (SSSR count). The molecule has 1 aromatic heterocycles. The molecule has 2 atom stereocenters. The van der Waals surface area contributed by atoms with Crippen molar-refractivity contribution < 1.29 is 14.0 Å². The second kappa shape index (κ2) is 4.62. The lowest BCUT2D eigenvalue weighted by Crippen LogP contribution is -2.21. The highest BCUT2D eigenvalue weighted by Crippen LogP contribution is 2.29. The zero-order valence-electron chi connectivity index (χ0n) is 10.4. The topological polar surface area (TPSA) is 71.2 Å². The molecule has 19 heavy (non-hydrogen) atoms. The van der Waals surface area contributed by atoms with Gasteiger partial charge in [-0.1, -0.05) is 5.16 Å². The summed E-state index contributed by atoms with van der Waals surface area (Å²) in [7, 11) is 0. The van der Waals surface area contributed by atoms with E-state index in [1.165, 1.54) is 12.1 Å². The molecule has 6 heteroatoms. The zero-order chi connectivity index (χ0) is 13.4. The minimum absolute atomic E-state index is 0.197. The molecule has 0 radical (unpaired) electrons. The number of phenols is 1. The van der Waals surface area contributed by atoms with E-state index in [0.29, 0.717) is 23.3 Å². The monoisotopic (exact) mass is 263 g/mol. The normalized spacial score (nSPS) is 22.8. The summed E-state index contributed by atoms with van der Waals surface area (Å²) in [5.41, 5.74) is 0.490. The van der Waals surface area contributed by atoms with Crippen LogP contribution in [0.2, 0.25) is 0 Å². The first-order valence-electron chi connectivity index (χ1n) is 6.21. The van der Waals surface area contributed by atoms with Gasteiger partial charge in [-0.3, -0.25) is 0 Å². The minimum Gasteiger partial charge on any atom is -0.505 e. The predicted octanol–water partition coefficient (Wildman–Crippen LogP) is 2.05. The summed E-state index contributed by atoms with van der Waals surface area (Å²) in [6.07, 6.45) is 0.951. The lowest BCUT2D eigenvalue weighted by Gasteiger charge is -2.08. The van der Waals surface area contributed by atoms with Crippen LogP contribution in [0, 0.1) is 5.82 Å². The summed E-state index contributed by atoms with van der Waals surface area (Å²) in [6, 6.07) is 4.33. The van der Waals surface area contributed by atoms with Gasteiger partial charge in [-0.15, -0.1) is 0 Å². The molecule has 0 spiro atoms. The highest BCUT2D eigenvalue weighted by molar-refractivity contribution is 5.55. The first-order chi connectivity index (χ1) is 9.15. The number of hydrogen-bond acceptors (Lipinski definition) is 5. The number of rotatable bonds is 2. The minimum atomic E-state index is -0.695. The molecule has 0 saturated carbocycles. The molecule has 1 aromatic carbocycles. The first kappa shape index (κ1) is 12.1. The Morgan fingerprint density at radius 2 is 2.32 bits per heavy atom. The maximum absolute atomic E-state index is 13.3. The fourth-order valence-corrected chi connectivity index (χ4v) is 2.35. The highest BCUT2D eigenvalue weighted by Gasteiger charge is 2.29. The van der Waals surface area contributed by atoms with E-state index < -0.39 is 5.82 Å². The molecule has 0 bridgehead atoms. The maximum Gasteiger partial charge on any atom is 0.231 e. The number of aromatic nitrogens is 2. The van der Waals surface area contributed by atoms with Crippen LogP contribution in [-0.4, -0.2) is 27.8 Å². The van der Waals surface area contributed by atoms with Crippen LogP contribution in [0.5, 0.6) is 5.75 Å². The number of hydrogen-bond donors (Lipinski definition) is 2. The van der Waals surface area contributed by atoms with Crippen LogP contribution in [0.1, 0.15) is 25.2 Å². The third kappa shape index (κ3) is 2.19. The van der Waals surface area contributed by atoms with Crippen molar-refractivity contribution in [3.05, 3.63) is 29.9 Å². The van der Waals surface area contributed by atoms with Gasteiger partial charge in [0.15, 0.2) is 11.6 Å². The molecular formula is C13H14FN3O2. The van der Waals surface area contributed by atoms with Crippen LogP contribution in [0.25, 0.3) is 11.4 Å². The van der Waals surface area contributed by atoms with Crippen molar-refractivity contribution >= 4 is 0 Å². The van der Waals surface area contributed by atoms with Gasteiger partial charge >= 0.3 is 0 Å². The lowest BCUT2D eigenvalue weighted by atomic mass is 10.0. The van der Waals surface area contributed by atoms with Gasteiger partial charge in [0.1, 0.15) is 0 Å². The van der Waals surface area contributed by atoms with Gasteiger partial charge in [-0.2, -0.15) is 4.98 Å². The Morgan fingerprint density at radius 3 is 3.00 bits per heavy atom. The predicted molar refractivity (Wildman–Crippen MR) is 66.2 cm³/mol. The highest BCUT2D eigenvalue weighted by atomic mass is 19.1. The SMILES string of the molecule is CC1NCCC1c1nc(-c2ccc(O)c(F)c2)no1. The lowest BCUT2D eigenvalue weighted by molar-refractivity contribution is 0.345. The standard InChI is InChI=1S/C13H14FN3O2/c1-7-9(4-5-15-7)13-16-12(17-19-13)8-2-3-11(18)10(14)6-8/h2-3,6-7,9,15,18H,4-5H2,1H3. The summed E-state index contributed by atoms with van der Waals surface area (Å²) < 4.78 is 18.5. The van der Waals surface area contributed by atoms with Crippen molar-refractivity contribution in [1.82, 2.24) is 15.5 Å². The van der Waals surface area contributed by atoms with Crippen LogP contribution >= 0.6 is 0 Å². The quantitative estimate of drug-likeness (QED) is 0.867. The molecular weight excluding hydrogens is 249 g/mol. The van der Waals surface area contributed by atoms with Crippen molar-refractivity contribution in [1.29, 1.82) is 0 Å². The Bertz CT molecular complexity index is 599. The largest absolute Gasteiger partial charge is 0.505 e. The molecule has 100 valence electrons. The second-order valence-electron chi connectivity index (χ2n) is 4.76. The van der Waals surface area contributed by atoms with E-state index in [9.17, 15) is 4.39 Å². The van der Waals surface area contributed by atoms with Gasteiger partial charge in [-0.05, 0) is 38.1 Å². The number of phenolic OH excluding ortho intramolecular Hbond substituents is 1. The average Bonchev–Trinajstić information content (AvgIpc) is 3.01. The van der Waals surface area contributed by atoms with Crippen LogP contribution in [-0.2, 0) is 0 Å². The van der Waals surface area contributed by atoms with Crippen LogP contribution in [0.4, 0.5) is 4.39 Å². The molecule has 2 aromatic rings. The summed E-state index contributed by atoms with van der Waals surface area (Å²) in [4.78, 5) is 4.32.